The Morgan fingerprint density at radius 1 is 0.667 bits per heavy atom. The van der Waals surface area contributed by atoms with E-state index in [0.29, 0.717) is 11.1 Å². The Labute approximate surface area is 287 Å². The lowest BCUT2D eigenvalue weighted by molar-refractivity contribution is -0.175. The van der Waals surface area contributed by atoms with Crippen LogP contribution in [-0.4, -0.2) is 24.4 Å². The highest BCUT2D eigenvalue weighted by Crippen LogP contribution is 2.39. The smallest absolute Gasteiger partial charge is 0.419 e. The van der Waals surface area contributed by atoms with Gasteiger partial charge in [-0.1, -0.05) is 23.2 Å². The fraction of sp³-hybridized carbons (Fsp3) is 0.267. The van der Waals surface area contributed by atoms with Crippen molar-refractivity contribution in [2.24, 2.45) is 11.5 Å². The van der Waals surface area contributed by atoms with Gasteiger partial charge < -0.3 is 18.9 Å². The van der Waals surface area contributed by atoms with E-state index in [1.54, 1.807) is 33.7 Å². The van der Waals surface area contributed by atoms with Gasteiger partial charge in [-0.3, -0.25) is 11.5 Å². The van der Waals surface area contributed by atoms with Gasteiger partial charge in [-0.25, -0.2) is 9.59 Å². The van der Waals surface area contributed by atoms with Gasteiger partial charge in [-0.15, -0.1) is 0 Å². The maximum atomic E-state index is 13.1. The fourth-order valence-electron chi connectivity index (χ4n) is 4.24. The molecule has 0 aliphatic rings. The van der Waals surface area contributed by atoms with Crippen molar-refractivity contribution < 1.29 is 54.9 Å². The van der Waals surface area contributed by atoms with Gasteiger partial charge in [0.05, 0.1) is 21.2 Å². The highest BCUT2D eigenvalue weighted by atomic mass is 35.5. The van der Waals surface area contributed by atoms with Crippen molar-refractivity contribution >= 4 is 57.8 Å². The first kappa shape index (κ1) is 37.3. The molecule has 4 aromatic rings. The molecule has 0 aliphatic heterocycles. The number of nitrogens with two attached hydrogens (primary N) is 2. The van der Waals surface area contributed by atoms with E-state index >= 15 is 0 Å². The van der Waals surface area contributed by atoms with E-state index in [1.807, 2.05) is 0 Å². The summed E-state index contributed by atoms with van der Waals surface area (Å²) in [6.07, 6.45) is -14.5. The fourth-order valence-corrected chi connectivity index (χ4v) is 6.20. The summed E-state index contributed by atoms with van der Waals surface area (Å²) < 4.78 is 100. The molecule has 0 radical (unpaired) electrons. The van der Waals surface area contributed by atoms with E-state index in [1.165, 1.54) is 22.7 Å². The predicted molar refractivity (Wildman–Crippen MR) is 166 cm³/mol. The topological polar surface area (TPSA) is 123 Å². The average Bonchev–Trinajstić information content (AvgIpc) is 3.70. The number of esters is 2. The van der Waals surface area contributed by atoms with Crippen LogP contribution in [0.4, 0.5) is 26.3 Å². The van der Waals surface area contributed by atoms with Gasteiger partial charge in [0.1, 0.15) is 23.7 Å². The SMILES string of the molecule is NC(CC(Oc1ccc(C(F)(F)F)c(Cl)c1)c1ccsc1)OC(=O)C(=O)OC(N)CC(Oc1ccc(C(F)(F)F)c(Cl)c1)c1ccsc1. The first-order chi connectivity index (χ1) is 22.5. The van der Waals surface area contributed by atoms with Gasteiger partial charge in [0, 0.05) is 24.0 Å². The maximum absolute atomic E-state index is 13.1. The molecule has 4 rings (SSSR count). The molecule has 2 aromatic heterocycles. The summed E-state index contributed by atoms with van der Waals surface area (Å²) in [4.78, 5) is 25.0. The molecule has 8 nitrogen and oxygen atoms in total. The Hall–Kier alpha value is -3.54. The molecule has 0 bridgehead atoms. The summed E-state index contributed by atoms with van der Waals surface area (Å²) in [6.45, 7) is 0. The zero-order chi connectivity index (χ0) is 35.2. The number of rotatable bonds is 12. The van der Waals surface area contributed by atoms with E-state index in [9.17, 15) is 35.9 Å². The average molecular weight is 758 g/mol. The van der Waals surface area contributed by atoms with E-state index < -0.39 is 70.1 Å². The normalized spacial score (nSPS) is 14.5. The minimum absolute atomic E-state index is 0.0194. The van der Waals surface area contributed by atoms with E-state index in [4.69, 9.17) is 53.6 Å². The lowest BCUT2D eigenvalue weighted by atomic mass is 10.1. The molecule has 2 heterocycles. The number of alkyl halides is 6. The first-order valence-corrected chi connectivity index (χ1v) is 16.2. The number of benzene rings is 2. The van der Waals surface area contributed by atoms with Crippen molar-refractivity contribution in [3.05, 3.63) is 102 Å². The summed E-state index contributed by atoms with van der Waals surface area (Å²) >= 11 is 14.2. The van der Waals surface area contributed by atoms with Crippen LogP contribution < -0.4 is 20.9 Å². The second kappa shape index (κ2) is 15.8. The Morgan fingerprint density at radius 2 is 1.04 bits per heavy atom. The molecule has 4 atom stereocenters. The molecule has 0 saturated heterocycles. The maximum Gasteiger partial charge on any atom is 0.419 e. The first-order valence-electron chi connectivity index (χ1n) is 13.5. The van der Waals surface area contributed by atoms with Crippen molar-refractivity contribution in [3.63, 3.8) is 0 Å². The van der Waals surface area contributed by atoms with Gasteiger partial charge in [-0.2, -0.15) is 49.0 Å². The Kier molecular flexibility index (Phi) is 12.3. The van der Waals surface area contributed by atoms with Crippen LogP contribution in [0.3, 0.4) is 0 Å². The van der Waals surface area contributed by atoms with Crippen molar-refractivity contribution in [3.8, 4) is 11.5 Å². The molecular weight excluding hydrogens is 733 g/mol. The van der Waals surface area contributed by atoms with E-state index in [0.717, 1.165) is 36.4 Å². The van der Waals surface area contributed by atoms with Crippen LogP contribution in [0.2, 0.25) is 10.0 Å². The van der Waals surface area contributed by atoms with Crippen molar-refractivity contribution in [1.82, 2.24) is 0 Å². The number of carbonyl (C=O) groups is 2. The van der Waals surface area contributed by atoms with Gasteiger partial charge >= 0.3 is 24.3 Å². The molecule has 0 fully saturated rings. The number of hydrogen-bond donors (Lipinski definition) is 2. The van der Waals surface area contributed by atoms with Crippen molar-refractivity contribution in [2.45, 2.75) is 49.9 Å². The lowest BCUT2D eigenvalue weighted by Gasteiger charge is -2.23. The second-order valence-electron chi connectivity index (χ2n) is 9.96. The molecule has 4 unspecified atom stereocenters. The summed E-state index contributed by atoms with van der Waals surface area (Å²) in [7, 11) is 0. The number of hydrogen-bond acceptors (Lipinski definition) is 10. The zero-order valence-electron chi connectivity index (χ0n) is 24.1. The quantitative estimate of drug-likeness (QED) is 0.0639. The molecule has 0 amide bonds. The third-order valence-electron chi connectivity index (χ3n) is 6.45. The van der Waals surface area contributed by atoms with Gasteiger partial charge in [-0.05, 0) is 70.1 Å². The second-order valence-corrected chi connectivity index (χ2v) is 12.3. The van der Waals surface area contributed by atoms with E-state index in [-0.39, 0.29) is 24.3 Å². The van der Waals surface area contributed by atoms with Crippen LogP contribution in [0.5, 0.6) is 11.5 Å². The van der Waals surface area contributed by atoms with Gasteiger partial charge in [0.15, 0.2) is 12.5 Å². The van der Waals surface area contributed by atoms with Gasteiger partial charge in [0.2, 0.25) is 0 Å². The minimum atomic E-state index is -4.67. The summed E-state index contributed by atoms with van der Waals surface area (Å²) in [5, 5.41) is 5.61. The third kappa shape index (κ3) is 10.2. The monoisotopic (exact) mass is 756 g/mol. The Balaban J connectivity index is 1.36. The number of halogens is 8. The number of ether oxygens (including phenoxy) is 4. The molecule has 18 heteroatoms. The molecule has 0 saturated carbocycles. The Bertz CT molecular complexity index is 1570. The minimum Gasteiger partial charge on any atom is -0.485 e. The summed E-state index contributed by atoms with van der Waals surface area (Å²) in [6, 6.07) is 8.95. The molecule has 4 N–H and O–H groups in total. The predicted octanol–water partition coefficient (Wildman–Crippen LogP) is 8.53. The van der Waals surface area contributed by atoms with Crippen LogP contribution in [0.1, 0.15) is 47.3 Å². The highest BCUT2D eigenvalue weighted by molar-refractivity contribution is 7.08. The molecule has 48 heavy (non-hydrogen) atoms. The van der Waals surface area contributed by atoms with Crippen LogP contribution >= 0.6 is 45.9 Å². The highest BCUT2D eigenvalue weighted by Gasteiger charge is 2.35. The van der Waals surface area contributed by atoms with Crippen LogP contribution in [0, 0.1) is 0 Å². The summed E-state index contributed by atoms with van der Waals surface area (Å²) in [5.74, 6) is -3.03. The summed E-state index contributed by atoms with van der Waals surface area (Å²) in [5.41, 5.74) is 10.9. The third-order valence-corrected chi connectivity index (χ3v) is 8.48. The van der Waals surface area contributed by atoms with E-state index in [2.05, 4.69) is 0 Å². The number of carbonyl (C=O) groups excluding carboxylic acids is 2. The van der Waals surface area contributed by atoms with Crippen LogP contribution in [0.15, 0.2) is 70.1 Å². The molecule has 2 aromatic carbocycles. The van der Waals surface area contributed by atoms with Gasteiger partial charge in [0.25, 0.3) is 0 Å². The van der Waals surface area contributed by atoms with Crippen molar-refractivity contribution in [1.29, 1.82) is 0 Å². The largest absolute Gasteiger partial charge is 0.485 e. The molecule has 258 valence electrons. The van der Waals surface area contributed by atoms with Crippen LogP contribution in [-0.2, 0) is 31.4 Å². The van der Waals surface area contributed by atoms with Crippen molar-refractivity contribution in [2.75, 3.05) is 0 Å². The standard InChI is InChI=1S/C30H24Cl2F6N2O6S2/c31-21-9-17(1-3-19(21)29(33,34)35)43-23(15-5-7-47-13-15)11-25(39)45-27(41)28(42)46-26(40)12-24(16-6-8-48-14-16)44-18-2-4-20(22(32)10-18)30(36,37)38/h1-10,13-14,23-26H,11-12,39-40H2. The Morgan fingerprint density at radius 3 is 1.33 bits per heavy atom. The molecular formula is C30H24Cl2F6N2O6S2. The lowest BCUT2D eigenvalue weighted by Crippen LogP contribution is -2.37. The van der Waals surface area contributed by atoms with Crippen LogP contribution in [0.25, 0.3) is 0 Å². The zero-order valence-corrected chi connectivity index (χ0v) is 27.2. The number of thiophene rings is 2. The molecule has 0 aliphatic carbocycles. The molecule has 0 spiro atoms.